The molecule has 0 amide bonds. The fraction of sp³-hybridized carbons (Fsp3) is 0.143. The molecule has 0 saturated carbocycles. The summed E-state index contributed by atoms with van der Waals surface area (Å²) in [6, 6.07) is 17.5. The maximum atomic E-state index is 12.7. The lowest BCUT2D eigenvalue weighted by atomic mass is 10.1. The van der Waals surface area contributed by atoms with Crippen LogP contribution in [0.1, 0.15) is 22.3 Å². The van der Waals surface area contributed by atoms with Crippen LogP contribution in [0.15, 0.2) is 82.6 Å². The molecule has 39 heavy (non-hydrogen) atoms. The van der Waals surface area contributed by atoms with E-state index in [1.807, 2.05) is 0 Å². The van der Waals surface area contributed by atoms with Crippen molar-refractivity contribution in [2.75, 3.05) is 0 Å². The van der Waals surface area contributed by atoms with Crippen LogP contribution < -0.4 is 13.1 Å². The average Bonchev–Trinajstić information content (AvgIpc) is 2.86. The zero-order valence-corrected chi connectivity index (χ0v) is 24.5. The van der Waals surface area contributed by atoms with Crippen LogP contribution in [0.25, 0.3) is 0 Å². The molecule has 0 unspecified atom stereocenters. The van der Waals surface area contributed by atoms with Gasteiger partial charge in [0.1, 0.15) is 32.8 Å². The van der Waals surface area contributed by atoms with Gasteiger partial charge in [0, 0.05) is 10.0 Å². The van der Waals surface area contributed by atoms with Gasteiger partial charge in [-0.2, -0.15) is 16.8 Å². The van der Waals surface area contributed by atoms with E-state index in [-0.39, 0.29) is 21.3 Å². The first-order valence-corrected chi connectivity index (χ1v) is 15.1. The molecule has 7 nitrogen and oxygen atoms in total. The van der Waals surface area contributed by atoms with E-state index < -0.39 is 20.2 Å². The number of halogens is 2. The lowest BCUT2D eigenvalue weighted by Gasteiger charge is -2.12. The minimum absolute atomic E-state index is 0.0635. The van der Waals surface area contributed by atoms with Gasteiger partial charge in [-0.1, -0.05) is 23.2 Å². The minimum atomic E-state index is -4.09. The van der Waals surface area contributed by atoms with E-state index in [9.17, 15) is 16.8 Å². The Morgan fingerprint density at radius 1 is 0.487 bits per heavy atom. The van der Waals surface area contributed by atoms with Crippen LogP contribution in [0.5, 0.6) is 23.0 Å². The Morgan fingerprint density at radius 3 is 1.05 bits per heavy atom. The predicted octanol–water partition coefficient (Wildman–Crippen LogP) is 7.55. The van der Waals surface area contributed by atoms with Crippen molar-refractivity contribution in [3.63, 3.8) is 0 Å². The molecule has 4 aromatic carbocycles. The van der Waals surface area contributed by atoms with Crippen molar-refractivity contribution >= 4 is 43.4 Å². The van der Waals surface area contributed by atoms with Crippen molar-refractivity contribution in [3.05, 3.63) is 105 Å². The van der Waals surface area contributed by atoms with Gasteiger partial charge in [-0.15, -0.1) is 0 Å². The topological polar surface area (TPSA) is 96.0 Å². The summed E-state index contributed by atoms with van der Waals surface area (Å²) in [4.78, 5) is -0.127. The summed E-state index contributed by atoms with van der Waals surface area (Å²) in [7, 11) is -8.18. The molecule has 0 bridgehead atoms. The molecule has 4 aromatic rings. The van der Waals surface area contributed by atoms with Crippen molar-refractivity contribution in [3.8, 4) is 23.0 Å². The smallest absolute Gasteiger partial charge is 0.339 e. The molecule has 0 fully saturated rings. The van der Waals surface area contributed by atoms with E-state index in [4.69, 9.17) is 36.3 Å². The molecule has 204 valence electrons. The van der Waals surface area contributed by atoms with Crippen molar-refractivity contribution < 1.29 is 29.9 Å². The molecule has 0 aliphatic heterocycles. The third-order valence-corrected chi connectivity index (χ3v) is 9.41. The Balaban J connectivity index is 1.44. The summed E-state index contributed by atoms with van der Waals surface area (Å²) in [5.74, 6) is 1.00. The summed E-state index contributed by atoms with van der Waals surface area (Å²) in [5, 5.41) is 1.09. The molecule has 0 atom stereocenters. The van der Waals surface area contributed by atoms with E-state index in [1.54, 1.807) is 52.0 Å². The standard InChI is InChI=1S/C28H24Cl2O7S2/c1-17-13-23(14-18(2)27(17)29)36-38(31,32)25-9-5-21(6-10-25)35-22-7-11-26(12-8-22)39(33,34)37-24-15-19(3)28(30)20(4)16-24/h5-16H,1-4H3. The molecule has 0 heterocycles. The molecular weight excluding hydrogens is 583 g/mol. The van der Waals surface area contributed by atoms with E-state index in [0.717, 1.165) is 0 Å². The molecule has 11 heteroatoms. The maximum Gasteiger partial charge on any atom is 0.339 e. The third-order valence-electron chi connectivity index (χ3n) is 5.69. The molecule has 0 radical (unpaired) electrons. The molecule has 0 aliphatic rings. The highest BCUT2D eigenvalue weighted by Gasteiger charge is 2.20. The second kappa shape index (κ2) is 11.1. The molecule has 0 spiro atoms. The number of ether oxygens (including phenoxy) is 1. The van der Waals surface area contributed by atoms with Crippen LogP contribution in [-0.4, -0.2) is 16.8 Å². The lowest BCUT2D eigenvalue weighted by Crippen LogP contribution is -2.10. The predicted molar refractivity (Wildman–Crippen MR) is 150 cm³/mol. The summed E-state index contributed by atoms with van der Waals surface area (Å²) >= 11 is 12.3. The molecule has 4 rings (SSSR count). The van der Waals surface area contributed by atoms with Crippen molar-refractivity contribution in [2.45, 2.75) is 37.5 Å². The second-order valence-electron chi connectivity index (χ2n) is 8.86. The summed E-state index contributed by atoms with van der Waals surface area (Å²) in [5.41, 5.74) is 2.80. The SMILES string of the molecule is Cc1cc(OS(=O)(=O)c2ccc(Oc3ccc(S(=O)(=O)Oc4cc(C)c(Cl)c(C)c4)cc3)cc2)cc(C)c1Cl. The van der Waals surface area contributed by atoms with Gasteiger partial charge >= 0.3 is 20.2 Å². The molecule has 0 aliphatic carbocycles. The van der Waals surface area contributed by atoms with Crippen LogP contribution in [0.2, 0.25) is 10.0 Å². The number of benzene rings is 4. The Bertz CT molecular complexity index is 1570. The highest BCUT2D eigenvalue weighted by Crippen LogP contribution is 2.31. The first-order chi connectivity index (χ1) is 18.2. The quantitative estimate of drug-likeness (QED) is 0.191. The fourth-order valence-electron chi connectivity index (χ4n) is 3.74. The highest BCUT2D eigenvalue weighted by atomic mass is 35.5. The first kappa shape index (κ1) is 28.8. The average molecular weight is 608 g/mol. The monoisotopic (exact) mass is 606 g/mol. The van der Waals surface area contributed by atoms with Crippen molar-refractivity contribution in [2.24, 2.45) is 0 Å². The Labute approximate surface area is 238 Å². The van der Waals surface area contributed by atoms with E-state index in [0.29, 0.717) is 43.8 Å². The van der Waals surface area contributed by atoms with Gasteiger partial charge in [0.25, 0.3) is 0 Å². The van der Waals surface area contributed by atoms with Gasteiger partial charge in [-0.05, 0) is 123 Å². The number of hydrogen-bond donors (Lipinski definition) is 0. The lowest BCUT2D eigenvalue weighted by molar-refractivity contribution is 0.477. The van der Waals surface area contributed by atoms with Gasteiger partial charge < -0.3 is 13.1 Å². The third kappa shape index (κ3) is 6.67. The molecule has 0 aromatic heterocycles. The van der Waals surface area contributed by atoms with E-state index in [1.165, 1.54) is 48.5 Å². The van der Waals surface area contributed by atoms with E-state index in [2.05, 4.69) is 0 Å². The summed E-state index contributed by atoms with van der Waals surface area (Å²) in [6.45, 7) is 7.04. The van der Waals surface area contributed by atoms with Crippen molar-refractivity contribution in [1.82, 2.24) is 0 Å². The molecular formula is C28H24Cl2O7S2. The largest absolute Gasteiger partial charge is 0.457 e. The first-order valence-electron chi connectivity index (χ1n) is 11.6. The van der Waals surface area contributed by atoms with Gasteiger partial charge in [0.2, 0.25) is 0 Å². The van der Waals surface area contributed by atoms with Crippen molar-refractivity contribution in [1.29, 1.82) is 0 Å². The molecule has 0 N–H and O–H groups in total. The molecule has 0 saturated heterocycles. The van der Waals surface area contributed by atoms with Crippen LogP contribution in [0.3, 0.4) is 0 Å². The fourth-order valence-corrected chi connectivity index (χ4v) is 5.79. The van der Waals surface area contributed by atoms with Gasteiger partial charge in [-0.25, -0.2) is 0 Å². The summed E-state index contributed by atoms with van der Waals surface area (Å²) in [6.07, 6.45) is 0. The Hall–Kier alpha value is -3.24. The zero-order valence-electron chi connectivity index (χ0n) is 21.4. The minimum Gasteiger partial charge on any atom is -0.457 e. The number of aryl methyl sites for hydroxylation is 4. The van der Waals surface area contributed by atoms with Crippen LogP contribution in [0, 0.1) is 27.7 Å². The Kier molecular flexibility index (Phi) is 8.18. The number of hydrogen-bond acceptors (Lipinski definition) is 7. The van der Waals surface area contributed by atoms with Gasteiger partial charge in [0.05, 0.1) is 0 Å². The van der Waals surface area contributed by atoms with Crippen LogP contribution in [0.4, 0.5) is 0 Å². The normalized spacial score (nSPS) is 11.7. The Morgan fingerprint density at radius 2 is 0.769 bits per heavy atom. The van der Waals surface area contributed by atoms with Crippen LogP contribution in [-0.2, 0) is 20.2 Å². The second-order valence-corrected chi connectivity index (χ2v) is 12.7. The highest BCUT2D eigenvalue weighted by molar-refractivity contribution is 7.87. The van der Waals surface area contributed by atoms with Gasteiger partial charge in [-0.3, -0.25) is 0 Å². The number of rotatable bonds is 8. The summed E-state index contributed by atoms with van der Waals surface area (Å²) < 4.78 is 67.2. The zero-order chi connectivity index (χ0) is 28.5. The van der Waals surface area contributed by atoms with E-state index >= 15 is 0 Å². The van der Waals surface area contributed by atoms with Crippen LogP contribution >= 0.6 is 23.2 Å². The van der Waals surface area contributed by atoms with Gasteiger partial charge in [0.15, 0.2) is 0 Å². The maximum absolute atomic E-state index is 12.7.